The summed E-state index contributed by atoms with van der Waals surface area (Å²) >= 11 is 0. The summed E-state index contributed by atoms with van der Waals surface area (Å²) in [5.41, 5.74) is 3.34. The average molecular weight is 377 g/mol. The molecule has 4 nitrogen and oxygen atoms in total. The molecule has 1 N–H and O–H groups in total. The smallest absolute Gasteiger partial charge is 0.225 e. The Kier molecular flexibility index (Phi) is 5.47. The minimum atomic E-state index is -0.177. The number of nitrogens with one attached hydrogen (secondary N) is 1. The highest BCUT2D eigenvalue weighted by Crippen LogP contribution is 2.33. The van der Waals surface area contributed by atoms with Crippen LogP contribution < -0.4 is 5.32 Å². The highest BCUT2D eigenvalue weighted by molar-refractivity contribution is 5.84. The first-order chi connectivity index (χ1) is 13.6. The van der Waals surface area contributed by atoms with Gasteiger partial charge < -0.3 is 10.2 Å². The lowest BCUT2D eigenvalue weighted by Crippen LogP contribution is -2.46. The molecule has 0 bridgehead atoms. The second-order valence-corrected chi connectivity index (χ2v) is 8.16. The summed E-state index contributed by atoms with van der Waals surface area (Å²) in [6.07, 6.45) is 3.76. The quantitative estimate of drug-likeness (QED) is 0.862. The molecule has 2 amide bonds. The monoisotopic (exact) mass is 376 g/mol. The molecular weight excluding hydrogens is 348 g/mol. The maximum atomic E-state index is 13.1. The number of carbonyl (C=O) groups is 2. The van der Waals surface area contributed by atoms with Crippen LogP contribution in [0.15, 0.2) is 54.6 Å². The van der Waals surface area contributed by atoms with Crippen LogP contribution in [-0.4, -0.2) is 29.8 Å². The highest BCUT2D eigenvalue weighted by atomic mass is 16.2. The molecule has 1 saturated carbocycles. The molecule has 146 valence electrons. The van der Waals surface area contributed by atoms with Gasteiger partial charge in [0.05, 0.1) is 12.0 Å². The van der Waals surface area contributed by atoms with Gasteiger partial charge in [-0.1, -0.05) is 60.2 Å². The second-order valence-electron chi connectivity index (χ2n) is 8.16. The number of hydrogen-bond acceptors (Lipinski definition) is 2. The van der Waals surface area contributed by atoms with E-state index < -0.39 is 0 Å². The van der Waals surface area contributed by atoms with Crippen LogP contribution in [0.3, 0.4) is 0 Å². The first kappa shape index (κ1) is 18.7. The van der Waals surface area contributed by atoms with Crippen molar-refractivity contribution in [1.82, 2.24) is 10.2 Å². The number of benzene rings is 2. The molecular formula is C24H28N2O2. The zero-order valence-corrected chi connectivity index (χ0v) is 16.4. The highest BCUT2D eigenvalue weighted by Gasteiger charge is 2.37. The largest absolute Gasteiger partial charge is 0.345 e. The molecule has 0 aromatic heterocycles. The summed E-state index contributed by atoms with van der Waals surface area (Å²) in [4.78, 5) is 27.5. The van der Waals surface area contributed by atoms with E-state index in [4.69, 9.17) is 0 Å². The van der Waals surface area contributed by atoms with E-state index in [1.807, 2.05) is 23.1 Å². The summed E-state index contributed by atoms with van der Waals surface area (Å²) < 4.78 is 0. The van der Waals surface area contributed by atoms with Crippen LogP contribution in [0.2, 0.25) is 0 Å². The van der Waals surface area contributed by atoms with Gasteiger partial charge in [-0.15, -0.1) is 0 Å². The number of aryl methyl sites for hydroxylation is 1. The van der Waals surface area contributed by atoms with Crippen LogP contribution in [0.1, 0.15) is 48.4 Å². The molecule has 2 aromatic carbocycles. The molecule has 2 unspecified atom stereocenters. The molecule has 2 fully saturated rings. The number of likely N-dealkylation sites (tertiary alicyclic amines) is 1. The Morgan fingerprint density at radius 3 is 2.29 bits per heavy atom. The van der Waals surface area contributed by atoms with Crippen molar-refractivity contribution in [3.05, 3.63) is 71.3 Å². The standard InChI is InChI=1S/C24H28N2O2/c1-17-9-11-19(12-10-17)22(18-6-3-2-4-7-18)25-23(27)21-8-5-15-26(16-21)24(28)20-13-14-20/h2-4,6-7,9-12,20-22H,5,8,13-16H2,1H3,(H,25,27). The van der Waals surface area contributed by atoms with Crippen molar-refractivity contribution in [2.24, 2.45) is 11.8 Å². The van der Waals surface area contributed by atoms with Crippen LogP contribution >= 0.6 is 0 Å². The maximum absolute atomic E-state index is 13.1. The number of carbonyl (C=O) groups excluding carboxylic acids is 2. The van der Waals surface area contributed by atoms with Crippen molar-refractivity contribution in [2.45, 2.75) is 38.6 Å². The lowest BCUT2D eigenvalue weighted by Gasteiger charge is -2.33. The summed E-state index contributed by atoms with van der Waals surface area (Å²) in [6.45, 7) is 3.41. The topological polar surface area (TPSA) is 49.4 Å². The Morgan fingerprint density at radius 1 is 0.929 bits per heavy atom. The maximum Gasteiger partial charge on any atom is 0.225 e. The van der Waals surface area contributed by atoms with Gasteiger partial charge in [-0.05, 0) is 43.7 Å². The van der Waals surface area contributed by atoms with Gasteiger partial charge in [0.25, 0.3) is 0 Å². The van der Waals surface area contributed by atoms with Crippen molar-refractivity contribution < 1.29 is 9.59 Å². The molecule has 28 heavy (non-hydrogen) atoms. The van der Waals surface area contributed by atoms with E-state index >= 15 is 0 Å². The molecule has 2 aliphatic rings. The van der Waals surface area contributed by atoms with Crippen molar-refractivity contribution in [3.63, 3.8) is 0 Å². The van der Waals surface area contributed by atoms with Gasteiger partial charge in [0.1, 0.15) is 0 Å². The number of amides is 2. The van der Waals surface area contributed by atoms with Gasteiger partial charge in [-0.2, -0.15) is 0 Å². The zero-order valence-electron chi connectivity index (χ0n) is 16.4. The lowest BCUT2D eigenvalue weighted by molar-refractivity contribution is -0.136. The zero-order chi connectivity index (χ0) is 19.5. The molecule has 2 aromatic rings. The Hall–Kier alpha value is -2.62. The summed E-state index contributed by atoms with van der Waals surface area (Å²) in [6, 6.07) is 18.2. The van der Waals surface area contributed by atoms with E-state index in [1.165, 1.54) is 5.56 Å². The molecule has 1 aliphatic carbocycles. The molecule has 0 radical (unpaired) electrons. The van der Waals surface area contributed by atoms with Gasteiger partial charge in [0.2, 0.25) is 11.8 Å². The fraction of sp³-hybridized carbons (Fsp3) is 0.417. The van der Waals surface area contributed by atoms with Crippen LogP contribution in [0.5, 0.6) is 0 Å². The van der Waals surface area contributed by atoms with Gasteiger partial charge in [-0.3, -0.25) is 9.59 Å². The fourth-order valence-electron chi connectivity index (χ4n) is 4.00. The third kappa shape index (κ3) is 4.27. The van der Waals surface area contributed by atoms with Gasteiger partial charge in [0, 0.05) is 19.0 Å². The summed E-state index contributed by atoms with van der Waals surface area (Å²) in [5.74, 6) is 0.373. The minimum Gasteiger partial charge on any atom is -0.345 e. The van der Waals surface area contributed by atoms with Crippen molar-refractivity contribution in [3.8, 4) is 0 Å². The van der Waals surface area contributed by atoms with E-state index in [2.05, 4.69) is 48.6 Å². The predicted octanol–water partition coefficient (Wildman–Crippen LogP) is 3.85. The second kappa shape index (κ2) is 8.17. The molecule has 4 heteroatoms. The van der Waals surface area contributed by atoms with E-state index in [0.29, 0.717) is 6.54 Å². The average Bonchev–Trinajstić information content (AvgIpc) is 3.58. The van der Waals surface area contributed by atoms with Crippen LogP contribution in [0, 0.1) is 18.8 Å². The van der Waals surface area contributed by atoms with Crippen LogP contribution in [0.4, 0.5) is 0 Å². The molecule has 4 rings (SSSR count). The van der Waals surface area contributed by atoms with Crippen molar-refractivity contribution >= 4 is 11.8 Å². The van der Waals surface area contributed by atoms with Crippen LogP contribution in [0.25, 0.3) is 0 Å². The number of piperidine rings is 1. The Morgan fingerprint density at radius 2 is 1.61 bits per heavy atom. The molecule has 1 saturated heterocycles. The Bertz CT molecular complexity index is 827. The third-order valence-electron chi connectivity index (χ3n) is 5.86. The fourth-order valence-corrected chi connectivity index (χ4v) is 4.00. The molecule has 2 atom stereocenters. The first-order valence-corrected chi connectivity index (χ1v) is 10.3. The number of hydrogen-bond donors (Lipinski definition) is 1. The van der Waals surface area contributed by atoms with Crippen LogP contribution in [-0.2, 0) is 9.59 Å². The van der Waals surface area contributed by atoms with Gasteiger partial charge >= 0.3 is 0 Å². The third-order valence-corrected chi connectivity index (χ3v) is 5.86. The SMILES string of the molecule is Cc1ccc(C(NC(=O)C2CCCN(C(=O)C3CC3)C2)c2ccccc2)cc1. The van der Waals surface area contributed by atoms with Crippen molar-refractivity contribution in [1.29, 1.82) is 0 Å². The van der Waals surface area contributed by atoms with Crippen molar-refractivity contribution in [2.75, 3.05) is 13.1 Å². The van der Waals surface area contributed by atoms with Gasteiger partial charge in [0.15, 0.2) is 0 Å². The minimum absolute atomic E-state index is 0.0442. The number of nitrogens with zero attached hydrogens (tertiary/aromatic N) is 1. The summed E-state index contributed by atoms with van der Waals surface area (Å²) in [7, 11) is 0. The predicted molar refractivity (Wildman–Crippen MR) is 110 cm³/mol. The van der Waals surface area contributed by atoms with Gasteiger partial charge in [-0.25, -0.2) is 0 Å². The van der Waals surface area contributed by atoms with E-state index in [1.54, 1.807) is 0 Å². The summed E-state index contributed by atoms with van der Waals surface area (Å²) in [5, 5.41) is 3.27. The van der Waals surface area contributed by atoms with E-state index in [-0.39, 0.29) is 29.7 Å². The Labute approximate surface area is 166 Å². The van der Waals surface area contributed by atoms with E-state index in [9.17, 15) is 9.59 Å². The van der Waals surface area contributed by atoms with E-state index in [0.717, 1.165) is 43.4 Å². The number of rotatable bonds is 5. The molecule has 0 spiro atoms. The molecule has 1 aliphatic heterocycles. The molecule has 1 heterocycles. The normalized spacial score (nSPS) is 20.5. The Balaban J connectivity index is 1.50. The first-order valence-electron chi connectivity index (χ1n) is 10.3. The lowest BCUT2D eigenvalue weighted by atomic mass is 9.93.